The minimum absolute atomic E-state index is 0.0659. The number of hydrogen-bond acceptors (Lipinski definition) is 3. The predicted molar refractivity (Wildman–Crippen MR) is 58.1 cm³/mol. The molecule has 16 heavy (non-hydrogen) atoms. The van der Waals surface area contributed by atoms with E-state index in [1.807, 2.05) is 0 Å². The molecule has 0 radical (unpaired) electrons. The summed E-state index contributed by atoms with van der Waals surface area (Å²) < 4.78 is 18.0. The molecule has 0 amide bonds. The van der Waals surface area contributed by atoms with Gasteiger partial charge in [-0.2, -0.15) is 0 Å². The number of pyridine rings is 1. The number of ether oxygens (including phenoxy) is 1. The van der Waals surface area contributed by atoms with Gasteiger partial charge in [0.1, 0.15) is 11.2 Å². The van der Waals surface area contributed by atoms with Crippen LogP contribution in [0.1, 0.15) is 10.5 Å². The van der Waals surface area contributed by atoms with E-state index < -0.39 is 11.8 Å². The SMILES string of the molecule is COC(=O)c1ccc2cc(Cl)cc(F)c2n1. The number of carbonyl (C=O) groups is 1. The normalized spacial score (nSPS) is 10.4. The molecule has 1 aromatic heterocycles. The van der Waals surface area contributed by atoms with E-state index in [1.54, 1.807) is 12.1 Å². The molecular weight excluding hydrogens is 233 g/mol. The zero-order chi connectivity index (χ0) is 11.7. The molecule has 0 aliphatic heterocycles. The molecular formula is C11H7ClFNO2. The Bertz CT molecular complexity index is 571. The summed E-state index contributed by atoms with van der Waals surface area (Å²) in [5, 5.41) is 0.829. The highest BCUT2D eigenvalue weighted by atomic mass is 35.5. The lowest BCUT2D eigenvalue weighted by Gasteiger charge is -2.02. The van der Waals surface area contributed by atoms with Crippen molar-refractivity contribution in [2.45, 2.75) is 0 Å². The molecule has 0 spiro atoms. The van der Waals surface area contributed by atoms with Crippen molar-refractivity contribution in [3.8, 4) is 0 Å². The number of halogens is 2. The second-order valence-electron chi connectivity index (χ2n) is 3.15. The number of fused-ring (bicyclic) bond motifs is 1. The fourth-order valence-electron chi connectivity index (χ4n) is 1.38. The van der Waals surface area contributed by atoms with Gasteiger partial charge < -0.3 is 4.74 Å². The van der Waals surface area contributed by atoms with Crippen LogP contribution in [0, 0.1) is 5.82 Å². The molecule has 0 fully saturated rings. The largest absolute Gasteiger partial charge is 0.464 e. The second-order valence-corrected chi connectivity index (χ2v) is 3.58. The number of hydrogen-bond donors (Lipinski definition) is 0. The first-order chi connectivity index (χ1) is 7.61. The highest BCUT2D eigenvalue weighted by Crippen LogP contribution is 2.21. The Kier molecular flexibility index (Phi) is 2.75. The van der Waals surface area contributed by atoms with Gasteiger partial charge in [0.25, 0.3) is 0 Å². The van der Waals surface area contributed by atoms with Crippen molar-refractivity contribution in [2.24, 2.45) is 0 Å². The number of benzene rings is 1. The van der Waals surface area contributed by atoms with Gasteiger partial charge in [-0.25, -0.2) is 14.2 Å². The van der Waals surface area contributed by atoms with Crippen molar-refractivity contribution in [1.29, 1.82) is 0 Å². The highest BCUT2D eigenvalue weighted by Gasteiger charge is 2.10. The summed E-state index contributed by atoms with van der Waals surface area (Å²) in [6, 6.07) is 5.76. The molecule has 0 saturated carbocycles. The second kappa shape index (κ2) is 4.06. The first kappa shape index (κ1) is 10.8. The highest BCUT2D eigenvalue weighted by molar-refractivity contribution is 6.31. The van der Waals surface area contributed by atoms with Crippen molar-refractivity contribution in [3.63, 3.8) is 0 Å². The lowest BCUT2D eigenvalue weighted by atomic mass is 10.2. The Morgan fingerprint density at radius 1 is 1.44 bits per heavy atom. The number of esters is 1. The molecule has 1 heterocycles. The molecule has 5 heteroatoms. The van der Waals surface area contributed by atoms with Crippen molar-refractivity contribution in [1.82, 2.24) is 4.98 Å². The smallest absolute Gasteiger partial charge is 0.356 e. The Morgan fingerprint density at radius 2 is 2.19 bits per heavy atom. The number of nitrogens with zero attached hydrogens (tertiary/aromatic N) is 1. The van der Waals surface area contributed by atoms with E-state index in [2.05, 4.69) is 9.72 Å². The van der Waals surface area contributed by atoms with Crippen LogP contribution < -0.4 is 0 Å². The zero-order valence-corrected chi connectivity index (χ0v) is 9.08. The van der Waals surface area contributed by atoms with Crippen LogP contribution >= 0.6 is 11.6 Å². The minimum Gasteiger partial charge on any atom is -0.464 e. The van der Waals surface area contributed by atoms with Crippen molar-refractivity contribution in [3.05, 3.63) is 40.8 Å². The summed E-state index contributed by atoms with van der Waals surface area (Å²) in [5.41, 5.74) is 0.170. The van der Waals surface area contributed by atoms with Crippen LogP contribution in [0.2, 0.25) is 5.02 Å². The summed E-state index contributed by atoms with van der Waals surface area (Å²) in [5.74, 6) is -1.16. The summed E-state index contributed by atoms with van der Waals surface area (Å²) in [4.78, 5) is 15.1. The van der Waals surface area contributed by atoms with Gasteiger partial charge >= 0.3 is 5.97 Å². The first-order valence-corrected chi connectivity index (χ1v) is 4.84. The maximum absolute atomic E-state index is 13.5. The lowest BCUT2D eigenvalue weighted by Crippen LogP contribution is -2.04. The number of carbonyl (C=O) groups excluding carboxylic acids is 1. The Morgan fingerprint density at radius 3 is 2.88 bits per heavy atom. The van der Waals surface area contributed by atoms with Crippen LogP contribution in [-0.2, 0) is 4.74 Å². The van der Waals surface area contributed by atoms with E-state index >= 15 is 0 Å². The third-order valence-electron chi connectivity index (χ3n) is 2.11. The Labute approximate surface area is 95.8 Å². The van der Waals surface area contributed by atoms with Crippen LogP contribution in [0.15, 0.2) is 24.3 Å². The van der Waals surface area contributed by atoms with Crippen LogP contribution in [0.4, 0.5) is 4.39 Å². The fraction of sp³-hybridized carbons (Fsp3) is 0.0909. The van der Waals surface area contributed by atoms with Crippen LogP contribution in [-0.4, -0.2) is 18.1 Å². The average Bonchev–Trinajstić information content (AvgIpc) is 2.27. The Hall–Kier alpha value is -1.68. The van der Waals surface area contributed by atoms with E-state index in [0.717, 1.165) is 6.07 Å². The zero-order valence-electron chi connectivity index (χ0n) is 8.33. The lowest BCUT2D eigenvalue weighted by molar-refractivity contribution is 0.0594. The summed E-state index contributed by atoms with van der Waals surface area (Å²) in [7, 11) is 1.24. The number of methoxy groups -OCH3 is 1. The molecule has 0 unspecified atom stereocenters. The first-order valence-electron chi connectivity index (χ1n) is 4.46. The minimum atomic E-state index is -0.601. The summed E-state index contributed by atoms with van der Waals surface area (Å²) in [6.45, 7) is 0. The third kappa shape index (κ3) is 1.84. The monoisotopic (exact) mass is 239 g/mol. The molecule has 0 bridgehead atoms. The van der Waals surface area contributed by atoms with Gasteiger partial charge in [0.05, 0.1) is 7.11 Å². The van der Waals surface area contributed by atoms with Crippen LogP contribution in [0.3, 0.4) is 0 Å². The molecule has 0 saturated heterocycles. The molecule has 2 rings (SSSR count). The van der Waals surface area contributed by atoms with Gasteiger partial charge in [-0.3, -0.25) is 0 Å². The summed E-state index contributed by atoms with van der Waals surface area (Å²) >= 11 is 5.69. The molecule has 1 aromatic carbocycles. The molecule has 0 atom stereocenters. The number of aromatic nitrogens is 1. The summed E-state index contributed by atoms with van der Waals surface area (Å²) in [6.07, 6.45) is 0. The quantitative estimate of drug-likeness (QED) is 0.719. The Balaban J connectivity index is 2.66. The van der Waals surface area contributed by atoms with Gasteiger partial charge in [0.15, 0.2) is 5.82 Å². The fourth-order valence-corrected chi connectivity index (χ4v) is 1.59. The van der Waals surface area contributed by atoms with E-state index in [1.165, 1.54) is 13.2 Å². The van der Waals surface area contributed by atoms with Gasteiger partial charge in [-0.1, -0.05) is 17.7 Å². The van der Waals surface area contributed by atoms with E-state index in [-0.39, 0.29) is 16.2 Å². The van der Waals surface area contributed by atoms with E-state index in [4.69, 9.17) is 11.6 Å². The third-order valence-corrected chi connectivity index (χ3v) is 2.32. The molecule has 2 aromatic rings. The average molecular weight is 240 g/mol. The van der Waals surface area contributed by atoms with Gasteiger partial charge in [0.2, 0.25) is 0 Å². The van der Waals surface area contributed by atoms with Crippen molar-refractivity contribution in [2.75, 3.05) is 7.11 Å². The molecule has 0 aliphatic rings. The van der Waals surface area contributed by atoms with Crippen molar-refractivity contribution >= 4 is 28.5 Å². The van der Waals surface area contributed by atoms with Crippen molar-refractivity contribution < 1.29 is 13.9 Å². The molecule has 82 valence electrons. The van der Waals surface area contributed by atoms with Crippen LogP contribution in [0.5, 0.6) is 0 Å². The van der Waals surface area contributed by atoms with Gasteiger partial charge in [-0.05, 0) is 18.2 Å². The maximum atomic E-state index is 13.5. The molecule has 3 nitrogen and oxygen atoms in total. The predicted octanol–water partition coefficient (Wildman–Crippen LogP) is 2.81. The molecule has 0 aliphatic carbocycles. The standard InChI is InChI=1S/C11H7ClFNO2/c1-16-11(15)9-3-2-6-4-7(12)5-8(13)10(6)14-9/h2-5H,1H3. The molecule has 0 N–H and O–H groups in total. The van der Waals surface area contributed by atoms with Gasteiger partial charge in [0, 0.05) is 10.4 Å². The topological polar surface area (TPSA) is 39.2 Å². The van der Waals surface area contributed by atoms with E-state index in [9.17, 15) is 9.18 Å². The van der Waals surface area contributed by atoms with Crippen LogP contribution in [0.25, 0.3) is 10.9 Å². The van der Waals surface area contributed by atoms with E-state index in [0.29, 0.717) is 5.39 Å². The maximum Gasteiger partial charge on any atom is 0.356 e. The number of rotatable bonds is 1. The van der Waals surface area contributed by atoms with Gasteiger partial charge in [-0.15, -0.1) is 0 Å².